The Morgan fingerprint density at radius 3 is 2.60 bits per heavy atom. The van der Waals surface area contributed by atoms with Crippen molar-refractivity contribution >= 4 is 0 Å². The predicted molar refractivity (Wildman–Crippen MR) is 75.2 cm³/mol. The molecule has 112 valence electrons. The Morgan fingerprint density at radius 2 is 2.05 bits per heavy atom. The van der Waals surface area contributed by atoms with Crippen LogP contribution in [0.5, 0.6) is 0 Å². The second-order valence-electron chi connectivity index (χ2n) is 6.35. The Kier molecular flexibility index (Phi) is 4.08. The van der Waals surface area contributed by atoms with Crippen LogP contribution in [0.4, 0.5) is 0 Å². The standard InChI is InChI=1S/C15H25N3O2/c1-19-12(11-6-3-2-4-7-11)13-17-14(20-18-13)15(10-16)8-5-9-15/h11-12H,2-10,16H2,1H3. The third-order valence-corrected chi connectivity index (χ3v) is 5.18. The lowest BCUT2D eigenvalue weighted by Crippen LogP contribution is -2.41. The molecule has 0 saturated heterocycles. The number of nitrogens with two attached hydrogens (primary N) is 1. The SMILES string of the molecule is COC(c1noc(C2(CN)CCC2)n1)C1CCCCC1. The number of methoxy groups -OCH3 is 1. The first-order valence-electron chi connectivity index (χ1n) is 7.86. The van der Waals surface area contributed by atoms with E-state index < -0.39 is 0 Å². The summed E-state index contributed by atoms with van der Waals surface area (Å²) in [5.41, 5.74) is 5.84. The quantitative estimate of drug-likeness (QED) is 0.897. The molecule has 2 aliphatic rings. The summed E-state index contributed by atoms with van der Waals surface area (Å²) in [6.45, 7) is 0.593. The number of hydrogen-bond acceptors (Lipinski definition) is 5. The Bertz CT molecular complexity index is 431. The predicted octanol–water partition coefficient (Wildman–Crippen LogP) is 2.72. The van der Waals surface area contributed by atoms with Crippen LogP contribution >= 0.6 is 0 Å². The van der Waals surface area contributed by atoms with Crippen molar-refractivity contribution in [1.82, 2.24) is 10.1 Å². The van der Waals surface area contributed by atoms with Gasteiger partial charge in [-0.2, -0.15) is 4.98 Å². The van der Waals surface area contributed by atoms with Crippen LogP contribution in [-0.4, -0.2) is 23.8 Å². The van der Waals surface area contributed by atoms with Crippen molar-refractivity contribution in [2.75, 3.05) is 13.7 Å². The molecule has 1 unspecified atom stereocenters. The maximum absolute atomic E-state index is 5.90. The molecule has 1 heterocycles. The Morgan fingerprint density at radius 1 is 1.30 bits per heavy atom. The molecule has 20 heavy (non-hydrogen) atoms. The Labute approximate surface area is 120 Å². The van der Waals surface area contributed by atoms with Gasteiger partial charge < -0.3 is 15.0 Å². The molecule has 0 aliphatic heterocycles. The fourth-order valence-corrected chi connectivity index (χ4v) is 3.62. The molecule has 5 heteroatoms. The minimum absolute atomic E-state index is 0.0253. The van der Waals surface area contributed by atoms with Crippen molar-refractivity contribution in [1.29, 1.82) is 0 Å². The number of aromatic nitrogens is 2. The molecule has 1 aromatic rings. The largest absolute Gasteiger partial charge is 0.373 e. The van der Waals surface area contributed by atoms with Gasteiger partial charge in [0, 0.05) is 13.7 Å². The highest BCUT2D eigenvalue weighted by Crippen LogP contribution is 2.43. The molecule has 0 aromatic carbocycles. The summed E-state index contributed by atoms with van der Waals surface area (Å²) in [6.07, 6.45) is 9.59. The van der Waals surface area contributed by atoms with E-state index in [1.807, 2.05) is 0 Å². The van der Waals surface area contributed by atoms with Gasteiger partial charge in [0.05, 0.1) is 5.41 Å². The summed E-state index contributed by atoms with van der Waals surface area (Å²) in [4.78, 5) is 4.64. The first-order chi connectivity index (χ1) is 9.79. The van der Waals surface area contributed by atoms with E-state index in [0.717, 1.165) is 18.7 Å². The first kappa shape index (κ1) is 14.0. The lowest BCUT2D eigenvalue weighted by Gasteiger charge is -2.37. The normalized spacial score (nSPS) is 24.3. The van der Waals surface area contributed by atoms with Crippen molar-refractivity contribution in [2.24, 2.45) is 11.7 Å². The zero-order valence-electron chi connectivity index (χ0n) is 12.3. The van der Waals surface area contributed by atoms with E-state index in [0.29, 0.717) is 18.3 Å². The highest BCUT2D eigenvalue weighted by atomic mass is 16.5. The van der Waals surface area contributed by atoms with Crippen LogP contribution in [-0.2, 0) is 10.2 Å². The van der Waals surface area contributed by atoms with Crippen LogP contribution < -0.4 is 5.73 Å². The lowest BCUT2D eigenvalue weighted by atomic mass is 9.69. The van der Waals surface area contributed by atoms with Crippen LogP contribution in [0.1, 0.15) is 69.2 Å². The molecule has 2 N–H and O–H groups in total. The summed E-state index contributed by atoms with van der Waals surface area (Å²) in [6, 6.07) is 0. The monoisotopic (exact) mass is 279 g/mol. The minimum atomic E-state index is -0.0594. The molecule has 2 aliphatic carbocycles. The fourth-order valence-electron chi connectivity index (χ4n) is 3.62. The number of nitrogens with zero attached hydrogens (tertiary/aromatic N) is 2. The van der Waals surface area contributed by atoms with E-state index in [9.17, 15) is 0 Å². The lowest BCUT2D eigenvalue weighted by molar-refractivity contribution is 0.0273. The van der Waals surface area contributed by atoms with Crippen LogP contribution in [0.15, 0.2) is 4.52 Å². The average molecular weight is 279 g/mol. The van der Waals surface area contributed by atoms with Gasteiger partial charge in [-0.25, -0.2) is 0 Å². The second-order valence-corrected chi connectivity index (χ2v) is 6.35. The summed E-state index contributed by atoms with van der Waals surface area (Å²) >= 11 is 0. The van der Waals surface area contributed by atoms with Crippen molar-refractivity contribution < 1.29 is 9.26 Å². The van der Waals surface area contributed by atoms with E-state index in [-0.39, 0.29) is 11.5 Å². The van der Waals surface area contributed by atoms with Gasteiger partial charge in [0.15, 0.2) is 0 Å². The topological polar surface area (TPSA) is 74.2 Å². The number of rotatable bonds is 5. The van der Waals surface area contributed by atoms with Gasteiger partial charge in [0.25, 0.3) is 0 Å². The molecule has 0 spiro atoms. The highest BCUT2D eigenvalue weighted by molar-refractivity contribution is 5.12. The Balaban J connectivity index is 1.77. The zero-order valence-corrected chi connectivity index (χ0v) is 12.3. The Hall–Kier alpha value is -0.940. The van der Waals surface area contributed by atoms with Gasteiger partial charge in [-0.05, 0) is 31.6 Å². The van der Waals surface area contributed by atoms with Crippen molar-refractivity contribution in [3.8, 4) is 0 Å². The molecule has 0 radical (unpaired) electrons. The van der Waals surface area contributed by atoms with Crippen LogP contribution in [0.3, 0.4) is 0 Å². The van der Waals surface area contributed by atoms with Gasteiger partial charge in [0.2, 0.25) is 11.7 Å². The molecule has 2 fully saturated rings. The second kappa shape index (κ2) is 5.82. The van der Waals surface area contributed by atoms with Crippen LogP contribution in [0, 0.1) is 5.92 Å². The van der Waals surface area contributed by atoms with Crippen molar-refractivity contribution in [3.05, 3.63) is 11.7 Å². The summed E-state index contributed by atoms with van der Waals surface area (Å²) in [7, 11) is 1.75. The van der Waals surface area contributed by atoms with E-state index in [1.54, 1.807) is 7.11 Å². The smallest absolute Gasteiger partial charge is 0.234 e. The van der Waals surface area contributed by atoms with E-state index in [1.165, 1.54) is 38.5 Å². The molecular formula is C15H25N3O2. The molecule has 1 aromatic heterocycles. The maximum Gasteiger partial charge on any atom is 0.234 e. The fraction of sp³-hybridized carbons (Fsp3) is 0.867. The molecule has 0 amide bonds. The number of hydrogen-bond donors (Lipinski definition) is 1. The third kappa shape index (κ3) is 2.37. The molecular weight excluding hydrogens is 254 g/mol. The molecule has 2 saturated carbocycles. The summed E-state index contributed by atoms with van der Waals surface area (Å²) < 4.78 is 11.2. The first-order valence-corrected chi connectivity index (χ1v) is 7.86. The molecule has 5 nitrogen and oxygen atoms in total. The summed E-state index contributed by atoms with van der Waals surface area (Å²) in [5, 5.41) is 4.19. The van der Waals surface area contributed by atoms with E-state index >= 15 is 0 Å². The number of ether oxygens (including phenoxy) is 1. The highest BCUT2D eigenvalue weighted by Gasteiger charge is 2.43. The third-order valence-electron chi connectivity index (χ3n) is 5.18. The van der Waals surface area contributed by atoms with Gasteiger partial charge in [-0.3, -0.25) is 0 Å². The van der Waals surface area contributed by atoms with Crippen LogP contribution in [0.25, 0.3) is 0 Å². The maximum atomic E-state index is 5.90. The van der Waals surface area contributed by atoms with Gasteiger partial charge in [-0.15, -0.1) is 0 Å². The molecule has 1 atom stereocenters. The van der Waals surface area contributed by atoms with E-state index in [4.69, 9.17) is 15.0 Å². The van der Waals surface area contributed by atoms with Gasteiger partial charge in [0.1, 0.15) is 6.10 Å². The average Bonchev–Trinajstić information content (AvgIpc) is 2.90. The zero-order chi connectivity index (χ0) is 14.0. The van der Waals surface area contributed by atoms with Gasteiger partial charge in [-0.1, -0.05) is 30.8 Å². The summed E-state index contributed by atoms with van der Waals surface area (Å²) in [5.74, 6) is 1.96. The van der Waals surface area contributed by atoms with Crippen molar-refractivity contribution in [3.63, 3.8) is 0 Å². The van der Waals surface area contributed by atoms with Crippen LogP contribution in [0.2, 0.25) is 0 Å². The van der Waals surface area contributed by atoms with Gasteiger partial charge >= 0.3 is 0 Å². The van der Waals surface area contributed by atoms with Crippen molar-refractivity contribution in [2.45, 2.75) is 62.9 Å². The molecule has 3 rings (SSSR count). The van der Waals surface area contributed by atoms with E-state index in [2.05, 4.69) is 10.1 Å². The molecule has 0 bridgehead atoms. The minimum Gasteiger partial charge on any atom is -0.373 e.